The summed E-state index contributed by atoms with van der Waals surface area (Å²) in [6.45, 7) is 2.06. The average molecular weight is 205 g/mol. The van der Waals surface area contributed by atoms with Gasteiger partial charge >= 0.3 is 0 Å². The van der Waals surface area contributed by atoms with Crippen LogP contribution in [-0.4, -0.2) is 6.26 Å². The third kappa shape index (κ3) is 2.14. The zero-order valence-corrected chi connectivity index (χ0v) is 8.55. The van der Waals surface area contributed by atoms with Gasteiger partial charge < -0.3 is 0 Å². The van der Waals surface area contributed by atoms with E-state index in [0.717, 1.165) is 5.56 Å². The monoisotopic (exact) mass is 204 g/mol. The van der Waals surface area contributed by atoms with Gasteiger partial charge in [0, 0.05) is 5.25 Å². The summed E-state index contributed by atoms with van der Waals surface area (Å²) in [5.41, 5.74) is 1.06. The Bertz CT molecular complexity index is 275. The smallest absolute Gasteiger partial charge is 0.141 e. The van der Waals surface area contributed by atoms with Gasteiger partial charge in [0.2, 0.25) is 0 Å². The Balaban J connectivity index is 2.96. The first-order valence-electron chi connectivity index (χ1n) is 3.63. The van der Waals surface area contributed by atoms with Crippen LogP contribution in [0.4, 0.5) is 4.39 Å². The largest absolute Gasteiger partial charge is 0.205 e. The molecule has 1 aromatic rings. The van der Waals surface area contributed by atoms with Crippen LogP contribution in [-0.2, 0) is 0 Å². The standard InChI is InChI=1S/C9H10ClFS/c1-6(12-2)7-3-4-9(11)8(10)5-7/h3-6H,1-2H3. The molecule has 1 rings (SSSR count). The number of rotatable bonds is 2. The summed E-state index contributed by atoms with van der Waals surface area (Å²) in [6.07, 6.45) is 2.02. The highest BCUT2D eigenvalue weighted by Crippen LogP contribution is 2.28. The second-order valence-corrected chi connectivity index (χ2v) is 4.14. The fourth-order valence-electron chi connectivity index (χ4n) is 0.901. The van der Waals surface area contributed by atoms with Crippen LogP contribution in [0, 0.1) is 5.82 Å². The molecule has 0 radical (unpaired) electrons. The summed E-state index contributed by atoms with van der Waals surface area (Å²) in [5, 5.41) is 0.566. The number of thioether (sulfide) groups is 1. The van der Waals surface area contributed by atoms with E-state index < -0.39 is 0 Å². The molecule has 0 aromatic heterocycles. The summed E-state index contributed by atoms with van der Waals surface area (Å²) in [4.78, 5) is 0. The lowest BCUT2D eigenvalue weighted by Gasteiger charge is -2.08. The van der Waals surface area contributed by atoms with Crippen LogP contribution in [0.25, 0.3) is 0 Å². The molecule has 66 valence electrons. The first-order chi connectivity index (χ1) is 5.65. The lowest BCUT2D eigenvalue weighted by molar-refractivity contribution is 0.627. The van der Waals surface area contributed by atoms with Crippen LogP contribution in [0.2, 0.25) is 5.02 Å². The molecular weight excluding hydrogens is 195 g/mol. The number of benzene rings is 1. The third-order valence-electron chi connectivity index (χ3n) is 1.77. The van der Waals surface area contributed by atoms with Gasteiger partial charge in [-0.1, -0.05) is 17.7 Å². The Kier molecular flexibility index (Phi) is 3.41. The Morgan fingerprint density at radius 1 is 1.50 bits per heavy atom. The molecule has 0 aliphatic carbocycles. The summed E-state index contributed by atoms with van der Waals surface area (Å²) in [6, 6.07) is 4.85. The highest BCUT2D eigenvalue weighted by Gasteiger charge is 2.05. The van der Waals surface area contributed by atoms with Crippen molar-refractivity contribution in [1.29, 1.82) is 0 Å². The Morgan fingerprint density at radius 2 is 2.17 bits per heavy atom. The molecule has 1 atom stereocenters. The molecule has 0 spiro atoms. The molecule has 0 saturated heterocycles. The minimum atomic E-state index is -0.353. The lowest BCUT2D eigenvalue weighted by atomic mass is 10.2. The van der Waals surface area contributed by atoms with Crippen molar-refractivity contribution in [3.05, 3.63) is 34.6 Å². The van der Waals surface area contributed by atoms with Gasteiger partial charge in [0.1, 0.15) is 5.82 Å². The van der Waals surface area contributed by atoms with Crippen LogP contribution >= 0.6 is 23.4 Å². The number of hydrogen-bond donors (Lipinski definition) is 0. The highest BCUT2D eigenvalue weighted by molar-refractivity contribution is 7.98. The van der Waals surface area contributed by atoms with E-state index >= 15 is 0 Å². The van der Waals surface area contributed by atoms with Crippen molar-refractivity contribution < 1.29 is 4.39 Å². The second-order valence-electron chi connectivity index (χ2n) is 2.55. The summed E-state index contributed by atoms with van der Waals surface area (Å²) < 4.78 is 12.7. The minimum Gasteiger partial charge on any atom is -0.205 e. The molecule has 0 aliphatic rings. The Hall–Kier alpha value is -0.210. The van der Waals surface area contributed by atoms with Crippen molar-refractivity contribution in [3.63, 3.8) is 0 Å². The molecule has 1 unspecified atom stereocenters. The van der Waals surface area contributed by atoms with Crippen LogP contribution in [0.15, 0.2) is 18.2 Å². The maximum Gasteiger partial charge on any atom is 0.141 e. The van der Waals surface area contributed by atoms with E-state index in [1.54, 1.807) is 23.9 Å². The van der Waals surface area contributed by atoms with Gasteiger partial charge in [0.05, 0.1) is 5.02 Å². The van der Waals surface area contributed by atoms with Crippen molar-refractivity contribution in [3.8, 4) is 0 Å². The van der Waals surface area contributed by atoms with E-state index in [2.05, 4.69) is 6.92 Å². The van der Waals surface area contributed by atoms with E-state index in [9.17, 15) is 4.39 Å². The van der Waals surface area contributed by atoms with Crippen molar-refractivity contribution >= 4 is 23.4 Å². The zero-order valence-electron chi connectivity index (χ0n) is 6.97. The first kappa shape index (κ1) is 9.87. The summed E-state index contributed by atoms with van der Waals surface area (Å²) in [7, 11) is 0. The van der Waals surface area contributed by atoms with Gasteiger partial charge in [0.25, 0.3) is 0 Å². The fraction of sp³-hybridized carbons (Fsp3) is 0.333. The molecule has 0 fully saturated rings. The lowest BCUT2D eigenvalue weighted by Crippen LogP contribution is -1.88. The Labute approximate surface area is 81.1 Å². The molecule has 3 heteroatoms. The number of halogens is 2. The molecule has 0 aliphatic heterocycles. The minimum absolute atomic E-state index is 0.202. The average Bonchev–Trinajstić information content (AvgIpc) is 2.08. The normalized spacial score (nSPS) is 13.0. The third-order valence-corrected chi connectivity index (χ3v) is 3.04. The first-order valence-corrected chi connectivity index (χ1v) is 5.29. The predicted molar refractivity (Wildman–Crippen MR) is 53.3 cm³/mol. The summed E-state index contributed by atoms with van der Waals surface area (Å²) in [5.74, 6) is -0.353. The van der Waals surface area contributed by atoms with Gasteiger partial charge in [-0.3, -0.25) is 0 Å². The molecule has 1 aromatic carbocycles. The van der Waals surface area contributed by atoms with E-state index in [0.29, 0.717) is 5.25 Å². The summed E-state index contributed by atoms with van der Waals surface area (Å²) >= 11 is 7.34. The van der Waals surface area contributed by atoms with Crippen molar-refractivity contribution in [2.24, 2.45) is 0 Å². The van der Waals surface area contributed by atoms with Crippen molar-refractivity contribution in [1.82, 2.24) is 0 Å². The van der Waals surface area contributed by atoms with Gasteiger partial charge in [-0.15, -0.1) is 0 Å². The van der Waals surface area contributed by atoms with Crippen LogP contribution in [0.1, 0.15) is 17.7 Å². The second kappa shape index (κ2) is 4.15. The topological polar surface area (TPSA) is 0 Å². The maximum atomic E-state index is 12.7. The molecule has 0 nitrogen and oxygen atoms in total. The quantitative estimate of drug-likeness (QED) is 0.704. The van der Waals surface area contributed by atoms with Gasteiger partial charge in [-0.05, 0) is 30.9 Å². The van der Waals surface area contributed by atoms with Crippen LogP contribution in [0.5, 0.6) is 0 Å². The Morgan fingerprint density at radius 3 is 2.67 bits per heavy atom. The van der Waals surface area contributed by atoms with Gasteiger partial charge in [-0.25, -0.2) is 4.39 Å². The highest BCUT2D eigenvalue weighted by atomic mass is 35.5. The molecule has 0 heterocycles. The van der Waals surface area contributed by atoms with Crippen LogP contribution < -0.4 is 0 Å². The van der Waals surface area contributed by atoms with Crippen molar-refractivity contribution in [2.75, 3.05) is 6.26 Å². The van der Waals surface area contributed by atoms with Gasteiger partial charge in [-0.2, -0.15) is 11.8 Å². The molecule has 0 saturated carbocycles. The van der Waals surface area contributed by atoms with Crippen LogP contribution in [0.3, 0.4) is 0 Å². The van der Waals surface area contributed by atoms with Gasteiger partial charge in [0.15, 0.2) is 0 Å². The molecular formula is C9H10ClFS. The SMILES string of the molecule is CSC(C)c1ccc(F)c(Cl)c1. The molecule has 0 amide bonds. The van der Waals surface area contributed by atoms with E-state index in [-0.39, 0.29) is 10.8 Å². The molecule has 0 bridgehead atoms. The number of hydrogen-bond acceptors (Lipinski definition) is 1. The molecule has 0 N–H and O–H groups in total. The maximum absolute atomic E-state index is 12.7. The molecule has 12 heavy (non-hydrogen) atoms. The van der Waals surface area contributed by atoms with E-state index in [4.69, 9.17) is 11.6 Å². The van der Waals surface area contributed by atoms with E-state index in [1.807, 2.05) is 6.26 Å². The zero-order chi connectivity index (χ0) is 9.14. The van der Waals surface area contributed by atoms with E-state index in [1.165, 1.54) is 6.07 Å². The predicted octanol–water partition coefficient (Wildman–Crippen LogP) is 3.90. The fourth-order valence-corrected chi connectivity index (χ4v) is 1.51. The van der Waals surface area contributed by atoms with Crippen molar-refractivity contribution in [2.45, 2.75) is 12.2 Å².